The predicted octanol–water partition coefficient (Wildman–Crippen LogP) is 2.45. The molecule has 0 amide bonds. The maximum Gasteiger partial charge on any atom is 0.328 e. The van der Waals surface area contributed by atoms with Crippen LogP contribution in [0.2, 0.25) is 0 Å². The van der Waals surface area contributed by atoms with E-state index >= 15 is 0 Å². The zero-order chi connectivity index (χ0) is 14.6. The van der Waals surface area contributed by atoms with Gasteiger partial charge >= 0.3 is 5.97 Å². The molecule has 4 heteroatoms. The topological polar surface area (TPSA) is 66.8 Å². The van der Waals surface area contributed by atoms with Crippen molar-refractivity contribution in [2.45, 2.75) is 26.2 Å². The number of ether oxygens (including phenoxy) is 1. The Hall–Kier alpha value is -1.81. The van der Waals surface area contributed by atoms with Crippen LogP contribution in [-0.2, 0) is 10.2 Å². The Morgan fingerprint density at radius 3 is 2.42 bits per heavy atom. The van der Waals surface area contributed by atoms with Crippen LogP contribution in [0.15, 0.2) is 24.3 Å². The van der Waals surface area contributed by atoms with Crippen LogP contribution in [-0.4, -0.2) is 29.9 Å². The number of carbonyl (C=O) groups is 1. The minimum Gasteiger partial charge on any atom is -0.496 e. The summed E-state index contributed by atoms with van der Waals surface area (Å²) in [6.45, 7) is 5.85. The van der Waals surface area contributed by atoms with E-state index in [0.29, 0.717) is 16.9 Å². The molecule has 0 saturated carbocycles. The lowest BCUT2D eigenvalue weighted by atomic mass is 9.85. The van der Waals surface area contributed by atoms with Gasteiger partial charge in [0, 0.05) is 11.6 Å². The van der Waals surface area contributed by atoms with Crippen LogP contribution < -0.4 is 4.74 Å². The summed E-state index contributed by atoms with van der Waals surface area (Å²) >= 11 is 0. The standard InChI is InChI=1S/C15H20O4/c1-15(2,3)11-5-6-13(19-4)12(8-11)10(9-16)7-14(17)18/h5-8,16H,9H2,1-4H3,(H,17,18)/b10-7+. The average molecular weight is 264 g/mol. The first-order valence-electron chi connectivity index (χ1n) is 6.03. The average Bonchev–Trinajstić information content (AvgIpc) is 2.33. The van der Waals surface area contributed by atoms with E-state index in [1.54, 1.807) is 6.07 Å². The summed E-state index contributed by atoms with van der Waals surface area (Å²) in [5.74, 6) is -0.540. The van der Waals surface area contributed by atoms with Crippen molar-refractivity contribution < 1.29 is 19.7 Å². The van der Waals surface area contributed by atoms with Crippen molar-refractivity contribution in [1.29, 1.82) is 0 Å². The van der Waals surface area contributed by atoms with Crippen molar-refractivity contribution in [3.05, 3.63) is 35.4 Å². The molecule has 1 rings (SSSR count). The number of carboxylic acid groups (broad SMARTS) is 1. The van der Waals surface area contributed by atoms with Gasteiger partial charge in [-0.05, 0) is 28.7 Å². The summed E-state index contributed by atoms with van der Waals surface area (Å²) in [4.78, 5) is 10.8. The van der Waals surface area contributed by atoms with Crippen LogP contribution in [0.3, 0.4) is 0 Å². The third-order valence-electron chi connectivity index (χ3n) is 2.88. The fourth-order valence-corrected chi connectivity index (χ4v) is 1.78. The number of methoxy groups -OCH3 is 1. The summed E-state index contributed by atoms with van der Waals surface area (Å²) in [7, 11) is 1.52. The quantitative estimate of drug-likeness (QED) is 0.820. The van der Waals surface area contributed by atoms with Crippen molar-refractivity contribution in [3.8, 4) is 5.75 Å². The van der Waals surface area contributed by atoms with Gasteiger partial charge in [0.2, 0.25) is 0 Å². The van der Waals surface area contributed by atoms with Gasteiger partial charge in [0.1, 0.15) is 5.75 Å². The lowest BCUT2D eigenvalue weighted by Crippen LogP contribution is -2.12. The Bertz CT molecular complexity index is 495. The predicted molar refractivity (Wildman–Crippen MR) is 74.4 cm³/mol. The molecule has 0 fully saturated rings. The second-order valence-electron chi connectivity index (χ2n) is 5.33. The van der Waals surface area contributed by atoms with Gasteiger partial charge in [-0.15, -0.1) is 0 Å². The molecule has 0 atom stereocenters. The summed E-state index contributed by atoms with van der Waals surface area (Å²) < 4.78 is 5.23. The molecule has 0 bridgehead atoms. The monoisotopic (exact) mass is 264 g/mol. The third-order valence-corrected chi connectivity index (χ3v) is 2.88. The largest absolute Gasteiger partial charge is 0.496 e. The van der Waals surface area contributed by atoms with E-state index in [4.69, 9.17) is 9.84 Å². The maximum atomic E-state index is 10.8. The van der Waals surface area contributed by atoms with Crippen LogP contribution in [0.5, 0.6) is 5.75 Å². The van der Waals surface area contributed by atoms with Crippen molar-refractivity contribution in [1.82, 2.24) is 0 Å². The number of carboxylic acids is 1. The van der Waals surface area contributed by atoms with Crippen LogP contribution in [0.25, 0.3) is 5.57 Å². The molecule has 0 radical (unpaired) electrons. The molecule has 0 unspecified atom stereocenters. The zero-order valence-electron chi connectivity index (χ0n) is 11.7. The van der Waals surface area contributed by atoms with Crippen LogP contribution in [0, 0.1) is 0 Å². The highest BCUT2D eigenvalue weighted by Gasteiger charge is 2.17. The summed E-state index contributed by atoms with van der Waals surface area (Å²) in [5.41, 5.74) is 1.92. The van der Waals surface area contributed by atoms with E-state index in [1.165, 1.54) is 7.11 Å². The van der Waals surface area contributed by atoms with E-state index in [9.17, 15) is 9.90 Å². The minimum atomic E-state index is -1.09. The van der Waals surface area contributed by atoms with Gasteiger partial charge in [0.15, 0.2) is 0 Å². The van der Waals surface area contributed by atoms with E-state index in [-0.39, 0.29) is 12.0 Å². The molecule has 0 spiro atoms. The number of hydrogen-bond acceptors (Lipinski definition) is 3. The van der Waals surface area contributed by atoms with Crippen molar-refractivity contribution >= 4 is 11.5 Å². The van der Waals surface area contributed by atoms with Gasteiger partial charge in [-0.3, -0.25) is 0 Å². The molecule has 0 saturated heterocycles. The number of aliphatic hydroxyl groups is 1. The fraction of sp³-hybridized carbons (Fsp3) is 0.400. The second-order valence-corrected chi connectivity index (χ2v) is 5.33. The van der Waals surface area contributed by atoms with Crippen molar-refractivity contribution in [3.63, 3.8) is 0 Å². The molecule has 0 aliphatic heterocycles. The first-order chi connectivity index (χ1) is 8.79. The highest BCUT2D eigenvalue weighted by atomic mass is 16.5. The Morgan fingerprint density at radius 1 is 1.37 bits per heavy atom. The lowest BCUT2D eigenvalue weighted by Gasteiger charge is -2.21. The van der Waals surface area contributed by atoms with Gasteiger partial charge in [-0.25, -0.2) is 4.79 Å². The van der Waals surface area contributed by atoms with Crippen molar-refractivity contribution in [2.75, 3.05) is 13.7 Å². The molecule has 1 aromatic rings. The molecule has 19 heavy (non-hydrogen) atoms. The van der Waals surface area contributed by atoms with E-state index in [1.807, 2.05) is 12.1 Å². The molecule has 104 valence electrons. The number of benzene rings is 1. The fourth-order valence-electron chi connectivity index (χ4n) is 1.78. The van der Waals surface area contributed by atoms with Gasteiger partial charge < -0.3 is 14.9 Å². The van der Waals surface area contributed by atoms with E-state index in [2.05, 4.69) is 20.8 Å². The highest BCUT2D eigenvalue weighted by Crippen LogP contribution is 2.31. The summed E-state index contributed by atoms with van der Waals surface area (Å²) in [6, 6.07) is 5.60. The van der Waals surface area contributed by atoms with Gasteiger partial charge in [0.05, 0.1) is 13.7 Å². The smallest absolute Gasteiger partial charge is 0.328 e. The summed E-state index contributed by atoms with van der Waals surface area (Å²) in [5, 5.41) is 18.2. The van der Waals surface area contributed by atoms with Crippen molar-refractivity contribution in [2.24, 2.45) is 0 Å². The van der Waals surface area contributed by atoms with Crippen LogP contribution in [0.4, 0.5) is 0 Å². The normalized spacial score (nSPS) is 12.4. The Balaban J connectivity index is 3.41. The molecule has 0 aromatic heterocycles. The SMILES string of the molecule is COc1ccc(C(C)(C)C)cc1/C(=C/C(=O)O)CO. The molecule has 0 heterocycles. The molecular weight excluding hydrogens is 244 g/mol. The van der Waals surface area contributed by atoms with Gasteiger partial charge in [-0.2, -0.15) is 0 Å². The van der Waals surface area contributed by atoms with Gasteiger partial charge in [-0.1, -0.05) is 26.8 Å². The van der Waals surface area contributed by atoms with Crippen LogP contribution >= 0.6 is 0 Å². The number of rotatable bonds is 4. The summed E-state index contributed by atoms with van der Waals surface area (Å²) in [6.07, 6.45) is 1.00. The number of hydrogen-bond donors (Lipinski definition) is 2. The Kier molecular flexibility index (Phi) is 4.72. The minimum absolute atomic E-state index is 0.0647. The highest BCUT2D eigenvalue weighted by molar-refractivity contribution is 5.91. The van der Waals surface area contributed by atoms with E-state index < -0.39 is 5.97 Å². The molecule has 4 nitrogen and oxygen atoms in total. The third kappa shape index (κ3) is 3.83. The molecule has 0 aliphatic rings. The molecule has 2 N–H and O–H groups in total. The molecule has 1 aromatic carbocycles. The van der Waals surface area contributed by atoms with Gasteiger partial charge in [0.25, 0.3) is 0 Å². The first-order valence-corrected chi connectivity index (χ1v) is 6.03. The first kappa shape index (κ1) is 15.2. The van der Waals surface area contributed by atoms with E-state index in [0.717, 1.165) is 11.6 Å². The Morgan fingerprint density at radius 2 is 2.00 bits per heavy atom. The molecular formula is C15H20O4. The zero-order valence-corrected chi connectivity index (χ0v) is 11.7. The number of aliphatic carboxylic acids is 1. The lowest BCUT2D eigenvalue weighted by molar-refractivity contribution is -0.131. The Labute approximate surface area is 113 Å². The second kappa shape index (κ2) is 5.89. The van der Waals surface area contributed by atoms with Crippen LogP contribution in [0.1, 0.15) is 31.9 Å². The maximum absolute atomic E-state index is 10.8. The molecule has 0 aliphatic carbocycles. The number of aliphatic hydroxyl groups excluding tert-OH is 1.